The number of hydrogen-bond acceptors (Lipinski definition) is 1. The Morgan fingerprint density at radius 3 is 2.39 bits per heavy atom. The lowest BCUT2D eigenvalue weighted by atomic mass is 9.97. The minimum Gasteiger partial charge on any atom is -0.308 e. The molecule has 0 spiro atoms. The molecule has 3 atom stereocenters. The highest BCUT2D eigenvalue weighted by Gasteiger charge is 2.13. The van der Waals surface area contributed by atoms with Gasteiger partial charge in [0, 0.05) is 12.1 Å². The quantitative estimate of drug-likeness (QED) is 0.763. The fraction of sp³-hybridized carbons (Fsp3) is 0.647. The molecule has 0 saturated heterocycles. The van der Waals surface area contributed by atoms with Crippen LogP contribution in [0.15, 0.2) is 18.2 Å². The smallest absolute Gasteiger partial charge is 0.0296 e. The van der Waals surface area contributed by atoms with E-state index in [9.17, 15) is 0 Å². The first-order valence-corrected chi connectivity index (χ1v) is 7.27. The van der Waals surface area contributed by atoms with E-state index >= 15 is 0 Å². The van der Waals surface area contributed by atoms with Crippen molar-refractivity contribution >= 4 is 0 Å². The van der Waals surface area contributed by atoms with Crippen molar-refractivity contribution < 1.29 is 0 Å². The Kier molecular flexibility index (Phi) is 5.87. The van der Waals surface area contributed by atoms with Gasteiger partial charge < -0.3 is 5.32 Å². The van der Waals surface area contributed by atoms with Crippen LogP contribution in [0.2, 0.25) is 0 Å². The van der Waals surface area contributed by atoms with Gasteiger partial charge in [0.05, 0.1) is 0 Å². The zero-order valence-electron chi connectivity index (χ0n) is 12.9. The van der Waals surface area contributed by atoms with Crippen LogP contribution in [0.1, 0.15) is 63.3 Å². The van der Waals surface area contributed by atoms with Crippen molar-refractivity contribution in [3.05, 3.63) is 34.9 Å². The lowest BCUT2D eigenvalue weighted by Gasteiger charge is -2.24. The maximum atomic E-state index is 3.73. The molecule has 1 nitrogen and oxygen atoms in total. The maximum absolute atomic E-state index is 3.73. The fourth-order valence-electron chi connectivity index (χ4n) is 2.58. The normalized spacial score (nSPS) is 16.3. The summed E-state index contributed by atoms with van der Waals surface area (Å²) < 4.78 is 0. The van der Waals surface area contributed by atoms with Crippen LogP contribution in [-0.4, -0.2) is 6.04 Å². The van der Waals surface area contributed by atoms with Gasteiger partial charge in [-0.1, -0.05) is 44.0 Å². The predicted molar refractivity (Wildman–Crippen MR) is 81.0 cm³/mol. The van der Waals surface area contributed by atoms with Crippen molar-refractivity contribution in [1.82, 2.24) is 5.32 Å². The van der Waals surface area contributed by atoms with Gasteiger partial charge in [-0.25, -0.2) is 0 Å². The summed E-state index contributed by atoms with van der Waals surface area (Å²) in [5.41, 5.74) is 4.17. The largest absolute Gasteiger partial charge is 0.308 e. The van der Waals surface area contributed by atoms with Gasteiger partial charge in [0.1, 0.15) is 0 Å². The number of rotatable bonds is 6. The third-order valence-electron chi connectivity index (χ3n) is 3.89. The molecule has 18 heavy (non-hydrogen) atoms. The van der Waals surface area contributed by atoms with Crippen molar-refractivity contribution in [1.29, 1.82) is 0 Å². The molecular formula is C17H29N. The number of benzene rings is 1. The van der Waals surface area contributed by atoms with Crippen LogP contribution in [0.4, 0.5) is 0 Å². The third kappa shape index (κ3) is 4.45. The van der Waals surface area contributed by atoms with Crippen molar-refractivity contribution in [2.24, 2.45) is 5.92 Å². The van der Waals surface area contributed by atoms with E-state index in [-0.39, 0.29) is 0 Å². The van der Waals surface area contributed by atoms with Gasteiger partial charge in [0.15, 0.2) is 0 Å². The summed E-state index contributed by atoms with van der Waals surface area (Å²) in [5.74, 6) is 0.804. The van der Waals surface area contributed by atoms with Gasteiger partial charge in [0.25, 0.3) is 0 Å². The van der Waals surface area contributed by atoms with E-state index < -0.39 is 0 Å². The Morgan fingerprint density at radius 1 is 1.11 bits per heavy atom. The van der Waals surface area contributed by atoms with E-state index in [4.69, 9.17) is 0 Å². The van der Waals surface area contributed by atoms with E-state index in [1.807, 2.05) is 0 Å². The Bertz CT molecular complexity index is 370. The van der Waals surface area contributed by atoms with Gasteiger partial charge >= 0.3 is 0 Å². The van der Waals surface area contributed by atoms with E-state index in [2.05, 4.69) is 65.1 Å². The number of hydrogen-bond donors (Lipinski definition) is 1. The Balaban J connectivity index is 2.64. The van der Waals surface area contributed by atoms with Crippen LogP contribution < -0.4 is 5.32 Å². The van der Waals surface area contributed by atoms with E-state index in [0.717, 1.165) is 5.92 Å². The molecule has 1 aromatic carbocycles. The summed E-state index contributed by atoms with van der Waals surface area (Å²) in [6.07, 6.45) is 2.52. The second-order valence-corrected chi connectivity index (χ2v) is 5.90. The molecule has 1 heteroatoms. The molecule has 1 N–H and O–H groups in total. The summed E-state index contributed by atoms with van der Waals surface area (Å²) in [5, 5.41) is 3.73. The summed E-state index contributed by atoms with van der Waals surface area (Å²) >= 11 is 0. The molecule has 0 saturated carbocycles. The Morgan fingerprint density at radius 2 is 1.78 bits per heavy atom. The van der Waals surface area contributed by atoms with Crippen molar-refractivity contribution in [3.63, 3.8) is 0 Å². The van der Waals surface area contributed by atoms with E-state index in [1.165, 1.54) is 29.5 Å². The lowest BCUT2D eigenvalue weighted by Crippen LogP contribution is -2.30. The SMILES string of the molecule is CCC(C)CC(C)NC(C)c1cc(C)ccc1C. The Labute approximate surface area is 113 Å². The van der Waals surface area contributed by atoms with Crippen LogP contribution in [-0.2, 0) is 0 Å². The monoisotopic (exact) mass is 247 g/mol. The minimum absolute atomic E-state index is 0.434. The van der Waals surface area contributed by atoms with Gasteiger partial charge in [-0.05, 0) is 51.2 Å². The van der Waals surface area contributed by atoms with Crippen molar-refractivity contribution in [2.75, 3.05) is 0 Å². The molecule has 0 aliphatic heterocycles. The molecule has 0 fully saturated rings. The molecular weight excluding hydrogens is 218 g/mol. The van der Waals surface area contributed by atoms with Crippen molar-refractivity contribution in [2.45, 2.75) is 66.5 Å². The zero-order valence-corrected chi connectivity index (χ0v) is 12.9. The molecule has 0 amide bonds. The second-order valence-electron chi connectivity index (χ2n) is 5.90. The summed E-state index contributed by atoms with van der Waals surface area (Å²) in [4.78, 5) is 0. The Hall–Kier alpha value is -0.820. The van der Waals surface area contributed by atoms with Crippen LogP contribution in [0.25, 0.3) is 0 Å². The molecule has 0 aromatic heterocycles. The van der Waals surface area contributed by atoms with Crippen LogP contribution in [0, 0.1) is 19.8 Å². The third-order valence-corrected chi connectivity index (χ3v) is 3.89. The first-order valence-electron chi connectivity index (χ1n) is 7.27. The average molecular weight is 247 g/mol. The van der Waals surface area contributed by atoms with Crippen LogP contribution in [0.3, 0.4) is 0 Å². The summed E-state index contributed by atoms with van der Waals surface area (Å²) in [6, 6.07) is 7.73. The molecule has 0 aliphatic rings. The lowest BCUT2D eigenvalue weighted by molar-refractivity contribution is 0.385. The minimum atomic E-state index is 0.434. The number of aryl methyl sites for hydroxylation is 2. The first-order chi connectivity index (χ1) is 8.43. The first kappa shape index (κ1) is 15.2. The van der Waals surface area contributed by atoms with E-state index in [0.29, 0.717) is 12.1 Å². The highest BCUT2D eigenvalue weighted by Crippen LogP contribution is 2.20. The topological polar surface area (TPSA) is 12.0 Å². The van der Waals surface area contributed by atoms with Crippen molar-refractivity contribution in [3.8, 4) is 0 Å². The average Bonchev–Trinajstić information content (AvgIpc) is 2.31. The summed E-state index contributed by atoms with van der Waals surface area (Å²) in [6.45, 7) is 13.5. The maximum Gasteiger partial charge on any atom is 0.0296 e. The fourth-order valence-corrected chi connectivity index (χ4v) is 2.58. The molecule has 102 valence electrons. The molecule has 0 bridgehead atoms. The predicted octanol–water partition coefficient (Wildman–Crippen LogP) is 4.78. The van der Waals surface area contributed by atoms with Gasteiger partial charge in [-0.3, -0.25) is 0 Å². The molecule has 0 radical (unpaired) electrons. The molecule has 0 aliphatic carbocycles. The molecule has 0 heterocycles. The van der Waals surface area contributed by atoms with Gasteiger partial charge in [-0.15, -0.1) is 0 Å². The number of nitrogens with one attached hydrogen (secondary N) is 1. The standard InChI is InChI=1S/C17H29N/c1-7-12(2)10-15(5)18-16(6)17-11-13(3)8-9-14(17)4/h8-9,11-12,15-16,18H,7,10H2,1-6H3. The highest BCUT2D eigenvalue weighted by atomic mass is 14.9. The van der Waals surface area contributed by atoms with Gasteiger partial charge in [-0.2, -0.15) is 0 Å². The molecule has 1 rings (SSSR count). The van der Waals surface area contributed by atoms with Crippen LogP contribution in [0.5, 0.6) is 0 Å². The van der Waals surface area contributed by atoms with Crippen LogP contribution >= 0.6 is 0 Å². The summed E-state index contributed by atoms with van der Waals surface area (Å²) in [7, 11) is 0. The molecule has 3 unspecified atom stereocenters. The van der Waals surface area contributed by atoms with E-state index in [1.54, 1.807) is 0 Å². The highest BCUT2D eigenvalue weighted by molar-refractivity contribution is 5.32. The van der Waals surface area contributed by atoms with Gasteiger partial charge in [0.2, 0.25) is 0 Å². The molecule has 1 aromatic rings. The second kappa shape index (κ2) is 6.94. The zero-order chi connectivity index (χ0) is 13.7.